The second-order valence-electron chi connectivity index (χ2n) is 2.52. The summed E-state index contributed by atoms with van der Waals surface area (Å²) in [4.78, 5) is 11.7. The van der Waals surface area contributed by atoms with Crippen LogP contribution in [0, 0.1) is 0 Å². The van der Waals surface area contributed by atoms with E-state index < -0.39 is 5.91 Å². The molecule has 1 fully saturated rings. The van der Waals surface area contributed by atoms with Crippen LogP contribution in [0.5, 0.6) is 0 Å². The number of primary amides is 1. The van der Waals surface area contributed by atoms with E-state index in [0.29, 0.717) is 0 Å². The van der Waals surface area contributed by atoms with Crippen LogP contribution in [0.4, 0.5) is 0 Å². The number of nitrogens with two attached hydrogens (primary N) is 1. The van der Waals surface area contributed by atoms with Crippen molar-refractivity contribution in [2.24, 2.45) is 5.73 Å². The number of nitrogens with zero attached hydrogens (tertiary/aromatic N) is 1. The monoisotopic (exact) mass is 172 g/mol. The smallest absolute Gasteiger partial charge is 0.240 e. The minimum absolute atomic E-state index is 0.481. The molecule has 0 saturated carbocycles. The zero-order chi connectivity index (χ0) is 9.40. The Kier molecular flexibility index (Phi) is 6.32. The summed E-state index contributed by atoms with van der Waals surface area (Å²) in [6.45, 7) is 7.11. The number of carbonyl (C=O) groups is 1. The molecule has 1 saturated heterocycles. The van der Waals surface area contributed by atoms with Gasteiger partial charge in [0.2, 0.25) is 5.91 Å². The maximum Gasteiger partial charge on any atom is 0.240 e. The van der Waals surface area contributed by atoms with E-state index in [1.165, 1.54) is 0 Å². The first-order valence-corrected chi connectivity index (χ1v) is 3.85. The van der Waals surface area contributed by atoms with E-state index in [1.807, 2.05) is 0 Å². The van der Waals surface area contributed by atoms with Crippen LogP contribution in [0.15, 0.2) is 12.7 Å². The van der Waals surface area contributed by atoms with Crippen molar-refractivity contribution < 1.29 is 9.53 Å². The standard InChI is InChI=1S/C5H11NO.C3H5NO/c1-6-2-4-7-5-3-6;1-2-3(4)5/h2-5H2,1H3;2H,1H2,(H2,4,5). The van der Waals surface area contributed by atoms with Crippen LogP contribution in [0.3, 0.4) is 0 Å². The van der Waals surface area contributed by atoms with Gasteiger partial charge in [0, 0.05) is 13.1 Å². The molecular formula is C8H16N2O2. The second kappa shape index (κ2) is 6.82. The van der Waals surface area contributed by atoms with Crippen LogP contribution in [-0.2, 0) is 9.53 Å². The van der Waals surface area contributed by atoms with E-state index in [-0.39, 0.29) is 0 Å². The third-order valence-corrected chi connectivity index (χ3v) is 1.44. The van der Waals surface area contributed by atoms with Gasteiger partial charge in [0.1, 0.15) is 0 Å². The summed E-state index contributed by atoms with van der Waals surface area (Å²) in [6.07, 6.45) is 1.06. The molecule has 1 aliphatic rings. The maximum atomic E-state index is 9.47. The molecule has 2 N–H and O–H groups in total. The zero-order valence-corrected chi connectivity index (χ0v) is 7.45. The fraction of sp³-hybridized carbons (Fsp3) is 0.625. The lowest BCUT2D eigenvalue weighted by Crippen LogP contribution is -2.32. The van der Waals surface area contributed by atoms with Gasteiger partial charge in [-0.3, -0.25) is 4.79 Å². The predicted octanol–water partition coefficient (Wildman–Crippen LogP) is -0.394. The molecule has 0 aromatic heterocycles. The number of amides is 1. The number of hydrogen-bond acceptors (Lipinski definition) is 3. The van der Waals surface area contributed by atoms with Gasteiger partial charge in [-0.2, -0.15) is 0 Å². The number of likely N-dealkylation sites (N-methyl/N-ethyl adjacent to an activating group) is 1. The molecule has 1 rings (SSSR count). The number of morpholine rings is 1. The van der Waals surface area contributed by atoms with Crippen molar-refractivity contribution in [2.45, 2.75) is 0 Å². The van der Waals surface area contributed by atoms with Gasteiger partial charge in [-0.05, 0) is 13.1 Å². The summed E-state index contributed by atoms with van der Waals surface area (Å²) in [6, 6.07) is 0. The van der Waals surface area contributed by atoms with E-state index >= 15 is 0 Å². The molecule has 0 bridgehead atoms. The Morgan fingerprint density at radius 1 is 1.58 bits per heavy atom. The fourth-order valence-electron chi connectivity index (χ4n) is 0.655. The Bertz CT molecular complexity index is 142. The highest BCUT2D eigenvalue weighted by Crippen LogP contribution is 1.89. The quantitative estimate of drug-likeness (QED) is 0.548. The van der Waals surface area contributed by atoms with Gasteiger partial charge in [-0.15, -0.1) is 0 Å². The van der Waals surface area contributed by atoms with Gasteiger partial charge in [0.15, 0.2) is 0 Å². The average molecular weight is 172 g/mol. The minimum atomic E-state index is -0.481. The summed E-state index contributed by atoms with van der Waals surface area (Å²) < 4.78 is 5.10. The highest BCUT2D eigenvalue weighted by molar-refractivity contribution is 5.84. The lowest BCUT2D eigenvalue weighted by molar-refractivity contribution is -0.113. The lowest BCUT2D eigenvalue weighted by Gasteiger charge is -2.21. The first-order chi connectivity index (χ1) is 5.66. The van der Waals surface area contributed by atoms with E-state index in [9.17, 15) is 4.79 Å². The Labute approximate surface area is 73.0 Å². The number of hydrogen-bond donors (Lipinski definition) is 1. The van der Waals surface area contributed by atoms with Crippen molar-refractivity contribution in [2.75, 3.05) is 33.4 Å². The Balaban J connectivity index is 0.000000217. The van der Waals surface area contributed by atoms with Crippen molar-refractivity contribution in [3.05, 3.63) is 12.7 Å². The molecule has 0 spiro atoms. The van der Waals surface area contributed by atoms with Crippen molar-refractivity contribution >= 4 is 5.91 Å². The van der Waals surface area contributed by atoms with Crippen molar-refractivity contribution in [3.63, 3.8) is 0 Å². The maximum absolute atomic E-state index is 9.47. The van der Waals surface area contributed by atoms with Gasteiger partial charge in [-0.1, -0.05) is 6.58 Å². The molecule has 4 nitrogen and oxygen atoms in total. The molecule has 1 heterocycles. The molecular weight excluding hydrogens is 156 g/mol. The molecule has 0 atom stereocenters. The van der Waals surface area contributed by atoms with E-state index in [1.54, 1.807) is 0 Å². The number of ether oxygens (including phenoxy) is 1. The predicted molar refractivity (Wildman–Crippen MR) is 47.7 cm³/mol. The summed E-state index contributed by atoms with van der Waals surface area (Å²) in [5.74, 6) is -0.481. The largest absolute Gasteiger partial charge is 0.379 e. The lowest BCUT2D eigenvalue weighted by atomic mass is 10.5. The van der Waals surface area contributed by atoms with Crippen LogP contribution in [0.1, 0.15) is 0 Å². The number of rotatable bonds is 1. The Morgan fingerprint density at radius 3 is 2.17 bits per heavy atom. The van der Waals surface area contributed by atoms with E-state index in [0.717, 1.165) is 32.4 Å². The number of carbonyl (C=O) groups excluding carboxylic acids is 1. The van der Waals surface area contributed by atoms with Crippen LogP contribution >= 0.6 is 0 Å². The summed E-state index contributed by atoms with van der Waals surface area (Å²) in [7, 11) is 2.11. The van der Waals surface area contributed by atoms with Crippen molar-refractivity contribution in [1.29, 1.82) is 0 Å². The van der Waals surface area contributed by atoms with E-state index in [4.69, 9.17) is 4.74 Å². The molecule has 0 aromatic rings. The minimum Gasteiger partial charge on any atom is -0.379 e. The molecule has 0 aliphatic carbocycles. The van der Waals surface area contributed by atoms with Gasteiger partial charge in [0.05, 0.1) is 13.2 Å². The fourth-order valence-corrected chi connectivity index (χ4v) is 0.655. The molecule has 70 valence electrons. The normalized spacial score (nSPS) is 17.4. The van der Waals surface area contributed by atoms with Gasteiger partial charge < -0.3 is 15.4 Å². The van der Waals surface area contributed by atoms with Crippen molar-refractivity contribution in [1.82, 2.24) is 4.90 Å². The molecule has 0 aromatic carbocycles. The third-order valence-electron chi connectivity index (χ3n) is 1.44. The zero-order valence-electron chi connectivity index (χ0n) is 7.45. The Hall–Kier alpha value is -0.870. The van der Waals surface area contributed by atoms with Gasteiger partial charge >= 0.3 is 0 Å². The highest BCUT2D eigenvalue weighted by atomic mass is 16.5. The van der Waals surface area contributed by atoms with Crippen LogP contribution < -0.4 is 5.73 Å². The van der Waals surface area contributed by atoms with Crippen LogP contribution in [-0.4, -0.2) is 44.2 Å². The Morgan fingerprint density at radius 2 is 2.00 bits per heavy atom. The second-order valence-corrected chi connectivity index (χ2v) is 2.52. The summed E-state index contributed by atoms with van der Waals surface area (Å²) >= 11 is 0. The molecule has 4 heteroatoms. The average Bonchev–Trinajstić information content (AvgIpc) is 2.07. The molecule has 0 radical (unpaired) electrons. The first-order valence-electron chi connectivity index (χ1n) is 3.85. The van der Waals surface area contributed by atoms with Crippen LogP contribution in [0.25, 0.3) is 0 Å². The van der Waals surface area contributed by atoms with Gasteiger partial charge in [-0.25, -0.2) is 0 Å². The topological polar surface area (TPSA) is 55.6 Å². The molecule has 12 heavy (non-hydrogen) atoms. The molecule has 1 aliphatic heterocycles. The van der Waals surface area contributed by atoms with Gasteiger partial charge in [0.25, 0.3) is 0 Å². The molecule has 1 amide bonds. The highest BCUT2D eigenvalue weighted by Gasteiger charge is 2.02. The first kappa shape index (κ1) is 11.1. The van der Waals surface area contributed by atoms with E-state index in [2.05, 4.69) is 24.3 Å². The molecule has 0 unspecified atom stereocenters. The SMILES string of the molecule is C=CC(N)=O.CN1CCOCC1. The third kappa shape index (κ3) is 7.24. The van der Waals surface area contributed by atoms with Crippen LogP contribution in [0.2, 0.25) is 0 Å². The summed E-state index contributed by atoms with van der Waals surface area (Å²) in [5.41, 5.74) is 4.53. The summed E-state index contributed by atoms with van der Waals surface area (Å²) in [5, 5.41) is 0. The van der Waals surface area contributed by atoms with Crippen molar-refractivity contribution in [3.8, 4) is 0 Å².